The average molecular weight is 246 g/mol. The molecule has 1 fully saturated rings. The number of aldehydes is 1. The zero-order valence-electron chi connectivity index (χ0n) is 10.6. The maximum absolute atomic E-state index is 11.2. The standard InChI is InChI=1S/C14H18N2O2/c1-12(18)16-7-5-15(6-8-16)10-13-3-2-4-14(9-13)11-17/h2-4,9,11H,5-8,10H2,1H3. The largest absolute Gasteiger partial charge is 0.340 e. The lowest BCUT2D eigenvalue weighted by atomic mass is 10.1. The fourth-order valence-electron chi connectivity index (χ4n) is 2.24. The van der Waals surface area contributed by atoms with Crippen LogP contribution in [-0.4, -0.2) is 48.2 Å². The summed E-state index contributed by atoms with van der Waals surface area (Å²) in [5.74, 6) is 0.151. The number of hydrogen-bond acceptors (Lipinski definition) is 3. The van der Waals surface area contributed by atoms with Crippen molar-refractivity contribution in [2.24, 2.45) is 0 Å². The Kier molecular flexibility index (Phi) is 4.10. The normalized spacial score (nSPS) is 16.6. The fraction of sp³-hybridized carbons (Fsp3) is 0.429. The number of piperazine rings is 1. The Hall–Kier alpha value is -1.68. The van der Waals surface area contributed by atoms with Gasteiger partial charge in [-0.15, -0.1) is 0 Å². The van der Waals surface area contributed by atoms with E-state index in [1.807, 2.05) is 29.2 Å². The van der Waals surface area contributed by atoms with Gasteiger partial charge >= 0.3 is 0 Å². The second-order valence-corrected chi connectivity index (χ2v) is 4.65. The molecule has 1 amide bonds. The molecule has 0 N–H and O–H groups in total. The molecular formula is C14H18N2O2. The van der Waals surface area contributed by atoms with E-state index in [-0.39, 0.29) is 5.91 Å². The van der Waals surface area contributed by atoms with Crippen molar-refractivity contribution in [2.45, 2.75) is 13.5 Å². The smallest absolute Gasteiger partial charge is 0.219 e. The van der Waals surface area contributed by atoms with Crippen molar-refractivity contribution in [3.8, 4) is 0 Å². The molecule has 1 aliphatic rings. The molecule has 1 saturated heterocycles. The topological polar surface area (TPSA) is 40.6 Å². The van der Waals surface area contributed by atoms with Crippen LogP contribution in [0.2, 0.25) is 0 Å². The first-order valence-corrected chi connectivity index (χ1v) is 6.21. The van der Waals surface area contributed by atoms with E-state index < -0.39 is 0 Å². The molecule has 0 bridgehead atoms. The van der Waals surface area contributed by atoms with Gasteiger partial charge in [0.25, 0.3) is 0 Å². The zero-order chi connectivity index (χ0) is 13.0. The van der Waals surface area contributed by atoms with Crippen LogP contribution >= 0.6 is 0 Å². The first kappa shape index (κ1) is 12.8. The van der Waals surface area contributed by atoms with Gasteiger partial charge in [0, 0.05) is 45.2 Å². The average Bonchev–Trinajstić information content (AvgIpc) is 2.39. The first-order chi connectivity index (χ1) is 8.69. The third kappa shape index (κ3) is 3.17. The lowest BCUT2D eigenvalue weighted by Gasteiger charge is -2.34. The molecule has 0 radical (unpaired) electrons. The van der Waals surface area contributed by atoms with Gasteiger partial charge in [-0.05, 0) is 11.6 Å². The molecule has 4 nitrogen and oxygen atoms in total. The van der Waals surface area contributed by atoms with Crippen LogP contribution in [0.5, 0.6) is 0 Å². The maximum Gasteiger partial charge on any atom is 0.219 e. The van der Waals surface area contributed by atoms with Crippen molar-refractivity contribution < 1.29 is 9.59 Å². The van der Waals surface area contributed by atoms with Crippen LogP contribution in [0.3, 0.4) is 0 Å². The van der Waals surface area contributed by atoms with Gasteiger partial charge < -0.3 is 4.90 Å². The van der Waals surface area contributed by atoms with E-state index in [9.17, 15) is 9.59 Å². The number of rotatable bonds is 3. The van der Waals surface area contributed by atoms with Crippen LogP contribution < -0.4 is 0 Å². The Morgan fingerprint density at radius 1 is 1.28 bits per heavy atom. The van der Waals surface area contributed by atoms with Crippen LogP contribution in [0.15, 0.2) is 24.3 Å². The van der Waals surface area contributed by atoms with Crippen molar-refractivity contribution in [3.05, 3.63) is 35.4 Å². The van der Waals surface area contributed by atoms with Gasteiger partial charge in [0.1, 0.15) is 6.29 Å². The lowest BCUT2D eigenvalue weighted by Crippen LogP contribution is -2.47. The molecule has 0 unspecified atom stereocenters. The van der Waals surface area contributed by atoms with Gasteiger partial charge in [0.05, 0.1) is 0 Å². The minimum atomic E-state index is 0.151. The SMILES string of the molecule is CC(=O)N1CCN(Cc2cccc(C=O)c2)CC1. The summed E-state index contributed by atoms with van der Waals surface area (Å²) in [6.07, 6.45) is 0.872. The predicted octanol–water partition coefficient (Wildman–Crippen LogP) is 1.16. The van der Waals surface area contributed by atoms with E-state index in [2.05, 4.69) is 4.90 Å². The molecule has 1 aromatic carbocycles. The summed E-state index contributed by atoms with van der Waals surface area (Å²) in [6, 6.07) is 7.67. The molecule has 96 valence electrons. The van der Waals surface area contributed by atoms with Gasteiger partial charge in [-0.3, -0.25) is 14.5 Å². The second kappa shape index (κ2) is 5.78. The molecule has 0 saturated carbocycles. The molecule has 0 atom stereocenters. The second-order valence-electron chi connectivity index (χ2n) is 4.65. The quantitative estimate of drug-likeness (QED) is 0.752. The van der Waals surface area contributed by atoms with Gasteiger partial charge in [-0.25, -0.2) is 0 Å². The van der Waals surface area contributed by atoms with E-state index >= 15 is 0 Å². The van der Waals surface area contributed by atoms with Crippen molar-refractivity contribution in [1.29, 1.82) is 0 Å². The molecule has 2 rings (SSSR count). The Morgan fingerprint density at radius 3 is 2.61 bits per heavy atom. The van der Waals surface area contributed by atoms with E-state index in [0.29, 0.717) is 0 Å². The summed E-state index contributed by atoms with van der Waals surface area (Å²) in [5.41, 5.74) is 1.87. The number of amides is 1. The van der Waals surface area contributed by atoms with E-state index in [1.165, 1.54) is 0 Å². The number of hydrogen-bond donors (Lipinski definition) is 0. The summed E-state index contributed by atoms with van der Waals surface area (Å²) >= 11 is 0. The Bertz CT molecular complexity index is 437. The first-order valence-electron chi connectivity index (χ1n) is 6.21. The Labute approximate surface area is 107 Å². The van der Waals surface area contributed by atoms with Crippen molar-refractivity contribution in [2.75, 3.05) is 26.2 Å². The summed E-state index contributed by atoms with van der Waals surface area (Å²) in [6.45, 7) is 5.83. The highest BCUT2D eigenvalue weighted by atomic mass is 16.2. The molecule has 0 aliphatic carbocycles. The van der Waals surface area contributed by atoms with Crippen molar-refractivity contribution >= 4 is 12.2 Å². The number of carbonyl (C=O) groups excluding carboxylic acids is 2. The van der Waals surface area contributed by atoms with E-state index in [1.54, 1.807) is 6.92 Å². The molecule has 1 aromatic rings. The molecule has 0 spiro atoms. The summed E-state index contributed by atoms with van der Waals surface area (Å²) < 4.78 is 0. The molecule has 18 heavy (non-hydrogen) atoms. The maximum atomic E-state index is 11.2. The third-order valence-electron chi connectivity index (χ3n) is 3.31. The number of carbonyl (C=O) groups is 2. The highest BCUT2D eigenvalue weighted by molar-refractivity contribution is 5.75. The Balaban J connectivity index is 1.91. The van der Waals surface area contributed by atoms with Crippen LogP contribution in [0.4, 0.5) is 0 Å². The number of nitrogens with zero attached hydrogens (tertiary/aromatic N) is 2. The van der Waals surface area contributed by atoms with Gasteiger partial charge in [0.15, 0.2) is 0 Å². The van der Waals surface area contributed by atoms with Crippen molar-refractivity contribution in [3.63, 3.8) is 0 Å². The predicted molar refractivity (Wildman–Crippen MR) is 69.4 cm³/mol. The highest BCUT2D eigenvalue weighted by Gasteiger charge is 2.18. The Morgan fingerprint density at radius 2 is 2.00 bits per heavy atom. The molecule has 4 heteroatoms. The van der Waals surface area contributed by atoms with Crippen LogP contribution in [0.25, 0.3) is 0 Å². The lowest BCUT2D eigenvalue weighted by molar-refractivity contribution is -0.130. The summed E-state index contributed by atoms with van der Waals surface area (Å²) in [5, 5.41) is 0. The van der Waals surface area contributed by atoms with E-state index in [0.717, 1.165) is 50.1 Å². The van der Waals surface area contributed by atoms with Crippen LogP contribution in [-0.2, 0) is 11.3 Å². The van der Waals surface area contributed by atoms with E-state index in [4.69, 9.17) is 0 Å². The highest BCUT2D eigenvalue weighted by Crippen LogP contribution is 2.10. The monoisotopic (exact) mass is 246 g/mol. The minimum absolute atomic E-state index is 0.151. The van der Waals surface area contributed by atoms with Gasteiger partial charge in [-0.2, -0.15) is 0 Å². The number of benzene rings is 1. The van der Waals surface area contributed by atoms with Gasteiger partial charge in [0.2, 0.25) is 5.91 Å². The van der Waals surface area contributed by atoms with Crippen LogP contribution in [0, 0.1) is 0 Å². The molecule has 1 aliphatic heterocycles. The zero-order valence-corrected chi connectivity index (χ0v) is 10.6. The molecule has 0 aromatic heterocycles. The van der Waals surface area contributed by atoms with Gasteiger partial charge in [-0.1, -0.05) is 18.2 Å². The minimum Gasteiger partial charge on any atom is -0.340 e. The fourth-order valence-corrected chi connectivity index (χ4v) is 2.24. The molecular weight excluding hydrogens is 228 g/mol. The van der Waals surface area contributed by atoms with Crippen molar-refractivity contribution in [1.82, 2.24) is 9.80 Å². The van der Waals surface area contributed by atoms with Crippen LogP contribution in [0.1, 0.15) is 22.8 Å². The summed E-state index contributed by atoms with van der Waals surface area (Å²) in [7, 11) is 0. The summed E-state index contributed by atoms with van der Waals surface area (Å²) in [4.78, 5) is 26.1. The third-order valence-corrected chi connectivity index (χ3v) is 3.31. The molecule has 1 heterocycles.